The number of nitrogens with one attached hydrogen (secondary N) is 1. The Kier molecular flexibility index (Phi) is 4.19. The lowest BCUT2D eigenvalue weighted by atomic mass is 9.79. The second kappa shape index (κ2) is 5.53. The second-order valence-electron chi connectivity index (χ2n) is 5.47. The maximum Gasteiger partial charge on any atom is 0.248 e. The molecule has 1 aliphatic rings. The summed E-state index contributed by atoms with van der Waals surface area (Å²) >= 11 is 0. The average Bonchev–Trinajstić information content (AvgIpc) is 2.36. The van der Waals surface area contributed by atoms with Crippen molar-refractivity contribution in [1.29, 1.82) is 0 Å². The van der Waals surface area contributed by atoms with Gasteiger partial charge in [-0.2, -0.15) is 0 Å². The summed E-state index contributed by atoms with van der Waals surface area (Å²) in [6.45, 7) is 1.72. The molecule has 1 fully saturated rings. The summed E-state index contributed by atoms with van der Waals surface area (Å²) in [4.78, 5) is 0. The number of alkyl halides is 2. The lowest BCUT2D eigenvalue weighted by Crippen LogP contribution is -2.32. The highest BCUT2D eigenvalue weighted by Crippen LogP contribution is 2.41. The molecule has 0 amide bonds. The molecule has 0 aromatic heterocycles. The van der Waals surface area contributed by atoms with Crippen LogP contribution < -0.4 is 5.32 Å². The molecule has 1 aromatic rings. The highest BCUT2D eigenvalue weighted by atomic mass is 19.3. The molecule has 1 N–H and O–H groups in total. The molecule has 19 heavy (non-hydrogen) atoms. The van der Waals surface area contributed by atoms with Gasteiger partial charge < -0.3 is 5.32 Å². The Hall–Kier alpha value is -1.03. The maximum absolute atomic E-state index is 13.6. The van der Waals surface area contributed by atoms with E-state index in [-0.39, 0.29) is 30.6 Å². The predicted molar refractivity (Wildman–Crippen MR) is 69.8 cm³/mol. The van der Waals surface area contributed by atoms with Gasteiger partial charge in [0.1, 0.15) is 5.82 Å². The van der Waals surface area contributed by atoms with E-state index in [4.69, 9.17) is 0 Å². The Labute approximate surface area is 112 Å². The Morgan fingerprint density at radius 2 is 1.89 bits per heavy atom. The quantitative estimate of drug-likeness (QED) is 0.868. The van der Waals surface area contributed by atoms with Gasteiger partial charge >= 0.3 is 0 Å². The van der Waals surface area contributed by atoms with E-state index in [1.807, 2.05) is 6.07 Å². The second-order valence-corrected chi connectivity index (χ2v) is 5.47. The van der Waals surface area contributed by atoms with E-state index in [9.17, 15) is 13.2 Å². The molecule has 0 saturated heterocycles. The SMILES string of the molecule is CNC(c1ccc(C)c(F)c1)C1CCC(F)(F)CC1. The van der Waals surface area contributed by atoms with E-state index in [1.54, 1.807) is 20.0 Å². The van der Waals surface area contributed by atoms with Crippen LogP contribution in [-0.2, 0) is 0 Å². The van der Waals surface area contributed by atoms with Crippen LogP contribution in [0.4, 0.5) is 13.2 Å². The van der Waals surface area contributed by atoms with Gasteiger partial charge in [-0.15, -0.1) is 0 Å². The van der Waals surface area contributed by atoms with Crippen LogP contribution in [-0.4, -0.2) is 13.0 Å². The molecule has 1 aliphatic carbocycles. The zero-order valence-electron chi connectivity index (χ0n) is 11.3. The maximum atomic E-state index is 13.6. The van der Waals surface area contributed by atoms with Crippen LogP contribution in [0.15, 0.2) is 18.2 Å². The smallest absolute Gasteiger partial charge is 0.248 e. The largest absolute Gasteiger partial charge is 0.313 e. The first-order valence-electron chi connectivity index (χ1n) is 6.74. The summed E-state index contributed by atoms with van der Waals surface area (Å²) in [6, 6.07) is 5.09. The van der Waals surface area contributed by atoms with Crippen LogP contribution in [0.2, 0.25) is 0 Å². The molecule has 0 spiro atoms. The Balaban J connectivity index is 2.14. The van der Waals surface area contributed by atoms with Gasteiger partial charge in [0.15, 0.2) is 0 Å². The van der Waals surface area contributed by atoms with Crippen molar-refractivity contribution in [2.45, 2.75) is 44.6 Å². The van der Waals surface area contributed by atoms with Crippen LogP contribution in [0.25, 0.3) is 0 Å². The predicted octanol–water partition coefficient (Wildman–Crippen LogP) is 4.22. The van der Waals surface area contributed by atoms with Gasteiger partial charge in [0.25, 0.3) is 0 Å². The molecule has 1 saturated carbocycles. The lowest BCUT2D eigenvalue weighted by Gasteiger charge is -2.34. The fraction of sp³-hybridized carbons (Fsp3) is 0.600. The number of hydrogen-bond acceptors (Lipinski definition) is 1. The third-order valence-electron chi connectivity index (χ3n) is 4.10. The number of benzene rings is 1. The molecular formula is C15H20F3N. The van der Waals surface area contributed by atoms with Gasteiger partial charge in [-0.3, -0.25) is 0 Å². The fourth-order valence-electron chi connectivity index (χ4n) is 2.87. The summed E-state index contributed by atoms with van der Waals surface area (Å²) in [5, 5.41) is 3.15. The third-order valence-corrected chi connectivity index (χ3v) is 4.10. The van der Waals surface area contributed by atoms with Crippen molar-refractivity contribution in [1.82, 2.24) is 5.32 Å². The molecule has 0 aliphatic heterocycles. The minimum Gasteiger partial charge on any atom is -0.313 e. The molecule has 4 heteroatoms. The van der Waals surface area contributed by atoms with Crippen molar-refractivity contribution in [2.75, 3.05) is 7.05 Å². The van der Waals surface area contributed by atoms with Crippen molar-refractivity contribution in [3.63, 3.8) is 0 Å². The Morgan fingerprint density at radius 3 is 2.42 bits per heavy atom. The molecule has 106 valence electrons. The highest BCUT2D eigenvalue weighted by molar-refractivity contribution is 5.26. The summed E-state index contributed by atoms with van der Waals surface area (Å²) in [5.41, 5.74) is 1.45. The summed E-state index contributed by atoms with van der Waals surface area (Å²) in [5.74, 6) is -2.61. The zero-order chi connectivity index (χ0) is 14.0. The lowest BCUT2D eigenvalue weighted by molar-refractivity contribution is -0.0495. The summed E-state index contributed by atoms with van der Waals surface area (Å²) in [7, 11) is 1.80. The van der Waals surface area contributed by atoms with Crippen molar-refractivity contribution in [3.8, 4) is 0 Å². The molecule has 0 radical (unpaired) electrons. The molecular weight excluding hydrogens is 251 g/mol. The van der Waals surface area contributed by atoms with E-state index in [0.29, 0.717) is 18.4 Å². The van der Waals surface area contributed by atoms with Gasteiger partial charge in [-0.05, 0) is 49.9 Å². The van der Waals surface area contributed by atoms with Crippen LogP contribution >= 0.6 is 0 Å². The first-order chi connectivity index (χ1) is 8.93. The standard InChI is InChI=1S/C15H20F3N/c1-10-3-4-12(9-13(10)16)14(19-2)11-5-7-15(17,18)8-6-11/h3-4,9,11,14,19H,5-8H2,1-2H3. The number of rotatable bonds is 3. The number of aryl methyl sites for hydroxylation is 1. The van der Waals surface area contributed by atoms with Crippen molar-refractivity contribution in [3.05, 3.63) is 35.1 Å². The van der Waals surface area contributed by atoms with Gasteiger partial charge in [0.05, 0.1) is 0 Å². The van der Waals surface area contributed by atoms with Gasteiger partial charge in [0.2, 0.25) is 5.92 Å². The fourth-order valence-corrected chi connectivity index (χ4v) is 2.87. The van der Waals surface area contributed by atoms with E-state index < -0.39 is 5.92 Å². The van der Waals surface area contributed by atoms with E-state index in [0.717, 1.165) is 5.56 Å². The van der Waals surface area contributed by atoms with E-state index in [2.05, 4.69) is 5.32 Å². The first kappa shape index (κ1) is 14.4. The molecule has 1 nitrogen and oxygen atoms in total. The van der Waals surface area contributed by atoms with E-state index in [1.165, 1.54) is 6.07 Å². The first-order valence-corrected chi connectivity index (χ1v) is 6.74. The molecule has 0 bridgehead atoms. The topological polar surface area (TPSA) is 12.0 Å². The zero-order valence-corrected chi connectivity index (χ0v) is 11.3. The minimum absolute atomic E-state index is 0.0498. The molecule has 0 heterocycles. The van der Waals surface area contributed by atoms with Gasteiger partial charge in [0, 0.05) is 18.9 Å². The highest BCUT2D eigenvalue weighted by Gasteiger charge is 2.37. The summed E-state index contributed by atoms with van der Waals surface area (Å²) in [6.07, 6.45) is 0.830. The molecule has 2 rings (SSSR count). The average molecular weight is 271 g/mol. The van der Waals surface area contributed by atoms with Crippen LogP contribution in [0.3, 0.4) is 0 Å². The van der Waals surface area contributed by atoms with Crippen LogP contribution in [0.5, 0.6) is 0 Å². The van der Waals surface area contributed by atoms with Crippen molar-refractivity contribution < 1.29 is 13.2 Å². The van der Waals surface area contributed by atoms with Gasteiger partial charge in [-0.1, -0.05) is 12.1 Å². The Morgan fingerprint density at radius 1 is 1.26 bits per heavy atom. The summed E-state index contributed by atoms with van der Waals surface area (Å²) < 4.78 is 40.0. The third kappa shape index (κ3) is 3.30. The molecule has 1 aromatic carbocycles. The molecule has 1 unspecified atom stereocenters. The minimum atomic E-state index is -2.52. The molecule has 1 atom stereocenters. The number of hydrogen-bond donors (Lipinski definition) is 1. The normalized spacial score (nSPS) is 21.3. The number of halogens is 3. The van der Waals surface area contributed by atoms with E-state index >= 15 is 0 Å². The van der Waals surface area contributed by atoms with Crippen LogP contribution in [0.1, 0.15) is 42.9 Å². The Bertz CT molecular complexity index is 435. The monoisotopic (exact) mass is 271 g/mol. The van der Waals surface area contributed by atoms with Crippen molar-refractivity contribution in [2.24, 2.45) is 5.92 Å². The van der Waals surface area contributed by atoms with Crippen LogP contribution in [0, 0.1) is 18.7 Å². The van der Waals surface area contributed by atoms with Gasteiger partial charge in [-0.25, -0.2) is 13.2 Å². The van der Waals surface area contributed by atoms with Crippen molar-refractivity contribution >= 4 is 0 Å².